The highest BCUT2D eigenvalue weighted by Crippen LogP contribution is 2.40. The molecule has 1 aliphatic rings. The number of aliphatic carboxylic acids is 1. The predicted molar refractivity (Wildman–Crippen MR) is 69.3 cm³/mol. The summed E-state index contributed by atoms with van der Waals surface area (Å²) >= 11 is 1.64. The van der Waals surface area contributed by atoms with E-state index in [2.05, 4.69) is 5.32 Å². The van der Waals surface area contributed by atoms with Crippen LogP contribution in [0.25, 0.3) is 0 Å². The first-order chi connectivity index (χ1) is 8.01. The largest absolute Gasteiger partial charge is 0.481 e. The monoisotopic (exact) mass is 252 g/mol. The van der Waals surface area contributed by atoms with Gasteiger partial charge in [-0.2, -0.15) is 0 Å². The molecule has 0 aliphatic carbocycles. The van der Waals surface area contributed by atoms with Gasteiger partial charge in [-0.1, -0.05) is 0 Å². The summed E-state index contributed by atoms with van der Waals surface area (Å²) in [7, 11) is 0. The van der Waals surface area contributed by atoms with Gasteiger partial charge in [-0.15, -0.1) is 11.8 Å². The summed E-state index contributed by atoms with van der Waals surface area (Å²) in [6, 6.07) is 5.75. The number of nitrogens with one attached hydrogen (secondary N) is 1. The van der Waals surface area contributed by atoms with Gasteiger partial charge in [0.25, 0.3) is 0 Å². The third kappa shape index (κ3) is 2.73. The Hall–Kier alpha value is -1.20. The van der Waals surface area contributed by atoms with Crippen molar-refractivity contribution in [2.24, 2.45) is 0 Å². The zero-order valence-electron chi connectivity index (χ0n) is 9.69. The van der Waals surface area contributed by atoms with Crippen molar-refractivity contribution in [2.75, 3.05) is 18.8 Å². The molecule has 0 spiro atoms. The van der Waals surface area contributed by atoms with E-state index in [-0.39, 0.29) is 11.2 Å². The lowest BCUT2D eigenvalue weighted by Crippen LogP contribution is -2.58. The number of rotatable bonds is 4. The fourth-order valence-corrected chi connectivity index (χ4v) is 3.30. The summed E-state index contributed by atoms with van der Waals surface area (Å²) in [4.78, 5) is 12.0. The summed E-state index contributed by atoms with van der Waals surface area (Å²) in [5.74, 6) is -0.743. The highest BCUT2D eigenvalue weighted by atomic mass is 32.2. The highest BCUT2D eigenvalue weighted by Gasteiger charge is 2.40. The Morgan fingerprint density at radius 2 is 2.29 bits per heavy atom. The Balaban J connectivity index is 2.15. The molecule has 0 atom stereocenters. The van der Waals surface area contributed by atoms with Crippen molar-refractivity contribution in [2.45, 2.75) is 23.0 Å². The maximum Gasteiger partial charge on any atom is 0.304 e. The molecular weight excluding hydrogens is 236 g/mol. The average Bonchev–Trinajstić information content (AvgIpc) is 2.18. The fraction of sp³-hybridized carbons (Fsp3) is 0.417. The van der Waals surface area contributed by atoms with Gasteiger partial charge in [-0.05, 0) is 30.7 Å². The average molecular weight is 252 g/mol. The summed E-state index contributed by atoms with van der Waals surface area (Å²) in [6.45, 7) is 3.49. The van der Waals surface area contributed by atoms with Crippen molar-refractivity contribution in [3.63, 3.8) is 0 Å². The van der Waals surface area contributed by atoms with Crippen LogP contribution in [0.5, 0.6) is 0 Å². The first kappa shape index (κ1) is 12.3. The van der Waals surface area contributed by atoms with Crippen molar-refractivity contribution in [1.29, 1.82) is 0 Å². The zero-order chi connectivity index (χ0) is 12.5. The molecule has 1 saturated heterocycles. The molecule has 0 saturated carbocycles. The molecule has 0 bridgehead atoms. The number of hydrogen-bond acceptors (Lipinski definition) is 4. The van der Waals surface area contributed by atoms with Gasteiger partial charge in [-0.3, -0.25) is 4.79 Å². The molecule has 92 valence electrons. The Morgan fingerprint density at radius 3 is 2.76 bits per heavy atom. The molecule has 1 aromatic rings. The molecule has 1 fully saturated rings. The zero-order valence-corrected chi connectivity index (χ0v) is 10.5. The Morgan fingerprint density at radius 1 is 1.59 bits per heavy atom. The highest BCUT2D eigenvalue weighted by molar-refractivity contribution is 8.00. The van der Waals surface area contributed by atoms with Gasteiger partial charge in [0.2, 0.25) is 0 Å². The van der Waals surface area contributed by atoms with Gasteiger partial charge >= 0.3 is 5.97 Å². The number of carboxylic acid groups (broad SMARTS) is 1. The van der Waals surface area contributed by atoms with Gasteiger partial charge in [0, 0.05) is 23.7 Å². The Bertz CT molecular complexity index is 444. The minimum atomic E-state index is -0.743. The second-order valence-corrected chi connectivity index (χ2v) is 5.99. The van der Waals surface area contributed by atoms with Crippen LogP contribution in [0.15, 0.2) is 23.1 Å². The number of hydrogen-bond donors (Lipinski definition) is 3. The van der Waals surface area contributed by atoms with E-state index >= 15 is 0 Å². The number of nitrogens with two attached hydrogens (primary N) is 1. The maximum absolute atomic E-state index is 10.9. The molecule has 1 aliphatic heterocycles. The van der Waals surface area contributed by atoms with E-state index in [1.54, 1.807) is 11.8 Å². The molecule has 4 nitrogen and oxygen atoms in total. The minimum absolute atomic E-state index is 0.189. The number of anilines is 1. The smallest absolute Gasteiger partial charge is 0.304 e. The second-order valence-electron chi connectivity index (χ2n) is 4.48. The quantitative estimate of drug-likeness (QED) is 0.708. The molecule has 4 N–H and O–H groups in total. The third-order valence-corrected chi connectivity index (χ3v) is 4.44. The van der Waals surface area contributed by atoms with Crippen molar-refractivity contribution >= 4 is 23.4 Å². The molecule has 0 unspecified atom stereocenters. The van der Waals surface area contributed by atoms with E-state index in [1.165, 1.54) is 0 Å². The van der Waals surface area contributed by atoms with E-state index in [1.807, 2.05) is 25.1 Å². The number of nitrogen functional groups attached to an aromatic ring is 1. The fourth-order valence-electron chi connectivity index (χ4n) is 1.93. The van der Waals surface area contributed by atoms with Gasteiger partial charge in [-0.25, -0.2) is 0 Å². The van der Waals surface area contributed by atoms with Crippen LogP contribution < -0.4 is 11.1 Å². The van der Waals surface area contributed by atoms with Crippen LogP contribution in [0.1, 0.15) is 12.0 Å². The van der Waals surface area contributed by atoms with Gasteiger partial charge in [0.1, 0.15) is 0 Å². The molecule has 17 heavy (non-hydrogen) atoms. The maximum atomic E-state index is 10.9. The first-order valence-corrected chi connectivity index (χ1v) is 6.30. The van der Waals surface area contributed by atoms with Crippen LogP contribution in [-0.4, -0.2) is 28.9 Å². The predicted octanol–water partition coefficient (Wildman–Crippen LogP) is 1.49. The summed E-state index contributed by atoms with van der Waals surface area (Å²) in [6.07, 6.45) is 0.189. The number of thioether (sulfide) groups is 1. The van der Waals surface area contributed by atoms with Crippen molar-refractivity contribution in [3.05, 3.63) is 23.8 Å². The lowest BCUT2D eigenvalue weighted by atomic mass is 9.98. The summed E-state index contributed by atoms with van der Waals surface area (Å²) in [5.41, 5.74) is 7.55. The number of carboxylic acids is 1. The first-order valence-electron chi connectivity index (χ1n) is 5.48. The Labute approximate surface area is 105 Å². The van der Waals surface area contributed by atoms with E-state index in [4.69, 9.17) is 10.8 Å². The lowest BCUT2D eigenvalue weighted by Gasteiger charge is -2.41. The minimum Gasteiger partial charge on any atom is -0.481 e. The van der Waals surface area contributed by atoms with Crippen molar-refractivity contribution in [3.8, 4) is 0 Å². The second kappa shape index (κ2) is 4.58. The summed E-state index contributed by atoms with van der Waals surface area (Å²) < 4.78 is -0.202. The van der Waals surface area contributed by atoms with Crippen LogP contribution >= 0.6 is 11.8 Å². The van der Waals surface area contributed by atoms with Crippen LogP contribution in [0.2, 0.25) is 0 Å². The molecule has 1 aromatic carbocycles. The Kier molecular flexibility index (Phi) is 3.31. The van der Waals surface area contributed by atoms with E-state index in [0.717, 1.165) is 29.2 Å². The number of carbonyl (C=O) groups is 1. The van der Waals surface area contributed by atoms with Crippen LogP contribution in [-0.2, 0) is 4.79 Å². The SMILES string of the molecule is Cc1cc(N)ccc1SC1(CC(=O)O)CNC1. The van der Waals surface area contributed by atoms with Gasteiger partial charge in [0.15, 0.2) is 0 Å². The van der Waals surface area contributed by atoms with Crippen molar-refractivity contribution < 1.29 is 9.90 Å². The normalized spacial score (nSPS) is 17.5. The molecule has 0 amide bonds. The van der Waals surface area contributed by atoms with Crippen LogP contribution in [0, 0.1) is 6.92 Å². The van der Waals surface area contributed by atoms with Crippen LogP contribution in [0.4, 0.5) is 5.69 Å². The topological polar surface area (TPSA) is 75.4 Å². The number of aryl methyl sites for hydroxylation is 1. The summed E-state index contributed by atoms with van der Waals surface area (Å²) in [5, 5.41) is 12.1. The van der Waals surface area contributed by atoms with E-state index < -0.39 is 5.97 Å². The number of benzene rings is 1. The molecule has 5 heteroatoms. The molecule has 1 heterocycles. The standard InChI is InChI=1S/C12H16N2O2S/c1-8-4-9(13)2-3-10(8)17-12(5-11(15)16)6-14-7-12/h2-4,14H,5-7,13H2,1H3,(H,15,16). The molecular formula is C12H16N2O2S. The molecule has 0 aromatic heterocycles. The van der Waals surface area contributed by atoms with Gasteiger partial charge in [0.05, 0.1) is 11.2 Å². The van der Waals surface area contributed by atoms with E-state index in [0.29, 0.717) is 0 Å². The third-order valence-electron chi connectivity index (χ3n) is 2.89. The van der Waals surface area contributed by atoms with E-state index in [9.17, 15) is 4.79 Å². The van der Waals surface area contributed by atoms with Crippen LogP contribution in [0.3, 0.4) is 0 Å². The van der Waals surface area contributed by atoms with Crippen molar-refractivity contribution in [1.82, 2.24) is 5.32 Å². The lowest BCUT2D eigenvalue weighted by molar-refractivity contribution is -0.138. The molecule has 2 rings (SSSR count). The van der Waals surface area contributed by atoms with Gasteiger partial charge < -0.3 is 16.2 Å². The molecule has 0 radical (unpaired) electrons.